The van der Waals surface area contributed by atoms with Crippen LogP contribution in [0.1, 0.15) is 265 Å². The van der Waals surface area contributed by atoms with Crippen molar-refractivity contribution >= 4 is 23.9 Å². The zero-order valence-corrected chi connectivity index (χ0v) is 48.7. The van der Waals surface area contributed by atoms with Crippen LogP contribution in [-0.2, 0) is 42.9 Å². The van der Waals surface area contributed by atoms with Crippen LogP contribution in [-0.4, -0.2) is 89.2 Å². The number of aliphatic hydroxyl groups is 2. The van der Waals surface area contributed by atoms with Crippen LogP contribution in [0.5, 0.6) is 0 Å². The molecule has 1 fully saturated rings. The first-order valence-electron chi connectivity index (χ1n) is 30.9. The number of aliphatic hydroxyl groups excluding tert-OH is 2. The van der Waals surface area contributed by atoms with Gasteiger partial charge in [-0.1, -0.05) is 222 Å². The first kappa shape index (κ1) is 71.2. The van der Waals surface area contributed by atoms with Gasteiger partial charge >= 0.3 is 23.9 Å². The van der Waals surface area contributed by atoms with Crippen LogP contribution in [0.3, 0.4) is 0 Å². The number of aliphatic carboxylic acids is 1. The summed E-state index contributed by atoms with van der Waals surface area (Å²) in [5.41, 5.74) is 0. The van der Waals surface area contributed by atoms with Gasteiger partial charge in [-0.2, -0.15) is 0 Å². The van der Waals surface area contributed by atoms with E-state index in [0.29, 0.717) is 25.7 Å². The average molecular weight is 1080 g/mol. The van der Waals surface area contributed by atoms with Crippen LogP contribution in [0.15, 0.2) is 72.9 Å². The normalized spacial score (nSPS) is 18.5. The third-order valence-electron chi connectivity index (χ3n) is 13.8. The Labute approximate surface area is 468 Å². The zero-order chi connectivity index (χ0) is 56.1. The van der Waals surface area contributed by atoms with Crippen molar-refractivity contribution in [3.8, 4) is 0 Å². The molecule has 0 aliphatic carbocycles. The molecule has 6 atom stereocenters. The minimum absolute atomic E-state index is 0.0396. The van der Waals surface area contributed by atoms with E-state index in [4.69, 9.17) is 23.7 Å². The van der Waals surface area contributed by atoms with Gasteiger partial charge in [-0.05, 0) is 96.3 Å². The molecule has 12 nitrogen and oxygen atoms in total. The molecule has 6 unspecified atom stereocenters. The number of allylic oxidation sites excluding steroid dienone is 12. The van der Waals surface area contributed by atoms with Gasteiger partial charge < -0.3 is 39.0 Å². The van der Waals surface area contributed by atoms with Gasteiger partial charge in [0.05, 0.1) is 6.61 Å². The molecule has 0 amide bonds. The fourth-order valence-corrected chi connectivity index (χ4v) is 9.02. The van der Waals surface area contributed by atoms with E-state index < -0.39 is 67.3 Å². The van der Waals surface area contributed by atoms with Gasteiger partial charge in [0, 0.05) is 19.3 Å². The monoisotopic (exact) mass is 1080 g/mol. The fourth-order valence-electron chi connectivity index (χ4n) is 9.02. The molecule has 0 aromatic carbocycles. The molecule has 0 bridgehead atoms. The average Bonchev–Trinajstić information content (AvgIpc) is 3.42. The molecule has 1 rings (SSSR count). The van der Waals surface area contributed by atoms with Gasteiger partial charge in [0.1, 0.15) is 18.8 Å². The Morgan fingerprint density at radius 1 is 0.442 bits per heavy atom. The fraction of sp³-hybridized carbons (Fsp3) is 0.754. The molecule has 0 saturated carbocycles. The van der Waals surface area contributed by atoms with E-state index in [0.717, 1.165) is 77.0 Å². The highest BCUT2D eigenvalue weighted by molar-refractivity contribution is 5.74. The maximum absolute atomic E-state index is 13.1. The van der Waals surface area contributed by atoms with Crippen molar-refractivity contribution in [2.45, 2.75) is 302 Å². The van der Waals surface area contributed by atoms with Crippen LogP contribution >= 0.6 is 0 Å². The molecule has 1 aliphatic rings. The molecule has 1 saturated heterocycles. The molecule has 12 heteroatoms. The third kappa shape index (κ3) is 42.7. The predicted molar refractivity (Wildman–Crippen MR) is 312 cm³/mol. The molecule has 0 aromatic rings. The van der Waals surface area contributed by atoms with Crippen molar-refractivity contribution in [3.05, 3.63) is 72.9 Å². The van der Waals surface area contributed by atoms with Gasteiger partial charge in [-0.25, -0.2) is 4.79 Å². The molecule has 0 radical (unpaired) electrons. The van der Waals surface area contributed by atoms with E-state index in [2.05, 4.69) is 81.5 Å². The Bertz CT molecular complexity index is 1620. The van der Waals surface area contributed by atoms with E-state index in [1.54, 1.807) is 0 Å². The number of carboxylic acids is 1. The summed E-state index contributed by atoms with van der Waals surface area (Å²) < 4.78 is 28.4. The number of rotatable bonds is 52. The third-order valence-corrected chi connectivity index (χ3v) is 13.8. The van der Waals surface area contributed by atoms with Crippen molar-refractivity contribution in [2.24, 2.45) is 0 Å². The van der Waals surface area contributed by atoms with Crippen LogP contribution in [0, 0.1) is 0 Å². The van der Waals surface area contributed by atoms with E-state index in [-0.39, 0.29) is 25.9 Å². The summed E-state index contributed by atoms with van der Waals surface area (Å²) in [6.45, 7) is 5.81. The summed E-state index contributed by atoms with van der Waals surface area (Å²) >= 11 is 0. The molecule has 3 N–H and O–H groups in total. The van der Waals surface area contributed by atoms with E-state index in [1.807, 2.05) is 12.2 Å². The van der Waals surface area contributed by atoms with E-state index >= 15 is 0 Å². The minimum Gasteiger partial charge on any atom is -0.479 e. The summed E-state index contributed by atoms with van der Waals surface area (Å²) in [4.78, 5) is 51.1. The van der Waals surface area contributed by atoms with Crippen molar-refractivity contribution < 1.29 is 58.2 Å². The Hall–Kier alpha value is -3.84. The first-order valence-corrected chi connectivity index (χ1v) is 30.9. The van der Waals surface area contributed by atoms with Crippen molar-refractivity contribution in [1.82, 2.24) is 0 Å². The maximum Gasteiger partial charge on any atom is 0.335 e. The SMILES string of the molecule is CC/C=C\C/C=C\C/C=C\C/C=C\CCC(=O)OC(COC(=O)CCCCCCCCCCC/C=C\CCCCCCCC)COC1OC(C(=O)O)C(O)C(O)C1OC(=O)CCCCCCC/C=C\CCCCCCCC. The second-order valence-electron chi connectivity index (χ2n) is 20.9. The van der Waals surface area contributed by atoms with Crippen LogP contribution in [0.25, 0.3) is 0 Å². The Kier molecular flexibility index (Phi) is 48.8. The highest BCUT2D eigenvalue weighted by Crippen LogP contribution is 2.26. The molecular weight excluding hydrogens is 973 g/mol. The number of carbonyl (C=O) groups is 4. The predicted octanol–water partition coefficient (Wildman–Crippen LogP) is 16.1. The van der Waals surface area contributed by atoms with Gasteiger partial charge in [0.25, 0.3) is 0 Å². The van der Waals surface area contributed by atoms with Gasteiger partial charge in [-0.15, -0.1) is 0 Å². The molecule has 77 heavy (non-hydrogen) atoms. The summed E-state index contributed by atoms with van der Waals surface area (Å²) in [7, 11) is 0. The number of ether oxygens (including phenoxy) is 5. The van der Waals surface area contributed by atoms with Gasteiger partial charge in [-0.3, -0.25) is 14.4 Å². The number of hydrogen-bond donors (Lipinski definition) is 3. The highest BCUT2D eigenvalue weighted by atomic mass is 16.7. The second-order valence-corrected chi connectivity index (χ2v) is 20.9. The lowest BCUT2D eigenvalue weighted by Gasteiger charge is -2.40. The van der Waals surface area contributed by atoms with E-state index in [9.17, 15) is 34.5 Å². The quantitative estimate of drug-likeness (QED) is 0.0228. The van der Waals surface area contributed by atoms with Crippen LogP contribution in [0.4, 0.5) is 0 Å². The summed E-state index contributed by atoms with van der Waals surface area (Å²) in [6, 6.07) is 0. The smallest absolute Gasteiger partial charge is 0.335 e. The molecule has 1 heterocycles. The highest BCUT2D eigenvalue weighted by Gasteiger charge is 2.50. The number of esters is 3. The molecule has 1 aliphatic heterocycles. The second kappa shape index (κ2) is 52.8. The zero-order valence-electron chi connectivity index (χ0n) is 48.7. The van der Waals surface area contributed by atoms with Crippen LogP contribution < -0.4 is 0 Å². The molecular formula is C65H110O12. The largest absolute Gasteiger partial charge is 0.479 e. The summed E-state index contributed by atoms with van der Waals surface area (Å²) in [5, 5.41) is 31.5. The maximum atomic E-state index is 13.1. The molecule has 442 valence electrons. The Balaban J connectivity index is 2.69. The van der Waals surface area contributed by atoms with Gasteiger partial charge in [0.2, 0.25) is 0 Å². The number of unbranched alkanes of at least 4 members (excludes halogenated alkanes) is 26. The Morgan fingerprint density at radius 3 is 1.30 bits per heavy atom. The lowest BCUT2D eigenvalue weighted by molar-refractivity contribution is -0.301. The summed E-state index contributed by atoms with van der Waals surface area (Å²) in [5.74, 6) is -3.24. The lowest BCUT2D eigenvalue weighted by atomic mass is 9.98. The number of hydrogen-bond acceptors (Lipinski definition) is 11. The van der Waals surface area contributed by atoms with Gasteiger partial charge in [0.15, 0.2) is 24.6 Å². The lowest BCUT2D eigenvalue weighted by Crippen LogP contribution is -2.61. The topological polar surface area (TPSA) is 175 Å². The number of carboxylic acid groups (broad SMARTS) is 1. The Morgan fingerprint density at radius 2 is 0.844 bits per heavy atom. The first-order chi connectivity index (χ1) is 37.6. The standard InChI is InChI=1S/C65H110O12/c1-4-7-10-13-16-19-22-25-27-28-29-30-32-34-36-39-42-45-48-51-57(66)73-54-56(75-58(67)52-49-46-43-40-37-33-24-21-18-15-12-9-6-3)55-74-65-63(61(70)60(69)62(77-65)64(71)72)76-59(68)53-50-47-44-41-38-35-31-26-23-20-17-14-11-8-5-2/h9,12,18,21,25-27,31,33,37,43,46,56,60-63,65,69-70H,4-8,10-11,13-17,19-20,22-24,28-30,32,34-36,38-42,44-45,47-55H2,1-3H3,(H,71,72)/b12-9-,21-18-,27-25-,31-26-,37-33-,46-43-. The minimum atomic E-state index is -1.92. The van der Waals surface area contributed by atoms with Crippen molar-refractivity contribution in [1.29, 1.82) is 0 Å². The molecule has 0 aromatic heterocycles. The van der Waals surface area contributed by atoms with E-state index in [1.165, 1.54) is 122 Å². The molecule has 0 spiro atoms. The summed E-state index contributed by atoms with van der Waals surface area (Å²) in [6.07, 6.45) is 54.6. The van der Waals surface area contributed by atoms with Crippen LogP contribution in [0.2, 0.25) is 0 Å². The number of carbonyl (C=O) groups excluding carboxylic acids is 3. The van der Waals surface area contributed by atoms with Crippen molar-refractivity contribution in [2.75, 3.05) is 13.2 Å². The van der Waals surface area contributed by atoms with Crippen molar-refractivity contribution in [3.63, 3.8) is 0 Å².